The summed E-state index contributed by atoms with van der Waals surface area (Å²) in [7, 11) is 0. The van der Waals surface area contributed by atoms with Crippen LogP contribution in [0.25, 0.3) is 0 Å². The van der Waals surface area contributed by atoms with Crippen molar-refractivity contribution in [2.75, 3.05) is 0 Å². The zero-order valence-corrected chi connectivity index (χ0v) is 11.7. The van der Waals surface area contributed by atoms with Gasteiger partial charge in [-0.05, 0) is 0 Å². The highest BCUT2D eigenvalue weighted by Crippen LogP contribution is 2.30. The molecule has 0 aromatic heterocycles. The van der Waals surface area contributed by atoms with Crippen LogP contribution in [-0.2, 0) is 14.3 Å². The number of rotatable bonds is 5. The van der Waals surface area contributed by atoms with Crippen LogP contribution in [0, 0.1) is 0 Å². The molecule has 1 aliphatic heterocycles. The van der Waals surface area contributed by atoms with Gasteiger partial charge in [0.05, 0.1) is 12.1 Å². The first-order valence-electron chi connectivity index (χ1n) is 6.38. The third kappa shape index (κ3) is 3.89. The molecule has 0 spiro atoms. The molecule has 0 aliphatic carbocycles. The van der Waals surface area contributed by atoms with Crippen molar-refractivity contribution >= 4 is 11.9 Å². The maximum Gasteiger partial charge on any atom is 0.364 e. The Morgan fingerprint density at radius 3 is 2.32 bits per heavy atom. The minimum absolute atomic E-state index is 0.631. The lowest BCUT2D eigenvalue weighted by molar-refractivity contribution is -0.296. The normalized spacial score (nSPS) is 36.2. The molecule has 0 aromatic rings. The fourth-order valence-corrected chi connectivity index (χ4v) is 2.21. The Labute approximate surface area is 124 Å². The first-order valence-corrected chi connectivity index (χ1v) is 6.38. The van der Waals surface area contributed by atoms with Gasteiger partial charge in [0.1, 0.15) is 24.5 Å². The van der Waals surface area contributed by atoms with E-state index in [1.807, 2.05) is 0 Å². The molecule has 2 unspecified atom stereocenters. The van der Waals surface area contributed by atoms with Crippen LogP contribution >= 0.6 is 0 Å². The van der Waals surface area contributed by atoms with E-state index >= 15 is 0 Å². The van der Waals surface area contributed by atoms with Gasteiger partial charge >= 0.3 is 5.97 Å². The Morgan fingerprint density at radius 2 is 1.91 bits per heavy atom. The molecule has 11 nitrogen and oxygen atoms in total. The van der Waals surface area contributed by atoms with Crippen molar-refractivity contribution in [2.24, 2.45) is 5.73 Å². The molecular weight excluding hydrogens is 304 g/mol. The third-order valence-electron chi connectivity index (χ3n) is 3.33. The lowest BCUT2D eigenvalue weighted by Crippen LogP contribution is -2.68. The monoisotopic (exact) mass is 324 g/mol. The van der Waals surface area contributed by atoms with Gasteiger partial charge < -0.3 is 46.4 Å². The summed E-state index contributed by atoms with van der Waals surface area (Å²) in [4.78, 5) is 22.2. The van der Waals surface area contributed by atoms with E-state index in [9.17, 15) is 30.0 Å². The van der Waals surface area contributed by atoms with E-state index in [-0.39, 0.29) is 0 Å². The van der Waals surface area contributed by atoms with Crippen LogP contribution in [0.15, 0.2) is 0 Å². The number of nitrogens with one attached hydrogen (secondary N) is 1. The van der Waals surface area contributed by atoms with Gasteiger partial charge in [0, 0.05) is 13.3 Å². The Balaban J connectivity index is 3.11. The van der Waals surface area contributed by atoms with E-state index in [2.05, 4.69) is 5.32 Å². The summed E-state index contributed by atoms with van der Waals surface area (Å²) in [5, 5.41) is 59.5. The molecular formula is C11H20N2O9. The fraction of sp³-hybridized carbons (Fsp3) is 0.818. The van der Waals surface area contributed by atoms with Gasteiger partial charge in [-0.3, -0.25) is 4.79 Å². The summed E-state index contributed by atoms with van der Waals surface area (Å²) in [6.07, 6.45) is -9.96. The zero-order chi connectivity index (χ0) is 17.2. The lowest BCUT2D eigenvalue weighted by Gasteiger charge is -2.44. The first kappa shape index (κ1) is 18.7. The number of ether oxygens (including phenoxy) is 1. The number of carbonyl (C=O) groups excluding carboxylic acids is 1. The van der Waals surface area contributed by atoms with Crippen molar-refractivity contribution in [1.29, 1.82) is 0 Å². The van der Waals surface area contributed by atoms with Gasteiger partial charge in [0.2, 0.25) is 5.91 Å². The summed E-state index contributed by atoms with van der Waals surface area (Å²) in [5.41, 5.74) is 5.01. The highest BCUT2D eigenvalue weighted by Gasteiger charge is 2.54. The topological polar surface area (TPSA) is 203 Å². The summed E-state index contributed by atoms with van der Waals surface area (Å²) >= 11 is 0. The minimum Gasteiger partial charge on any atom is -0.477 e. The number of hydrogen-bond donors (Lipinski definition) is 8. The van der Waals surface area contributed by atoms with Crippen molar-refractivity contribution in [3.8, 4) is 0 Å². The average Bonchev–Trinajstić information content (AvgIpc) is 2.39. The molecule has 1 fully saturated rings. The van der Waals surface area contributed by atoms with Crippen LogP contribution in [-0.4, -0.2) is 85.0 Å². The summed E-state index contributed by atoms with van der Waals surface area (Å²) < 4.78 is 4.86. The third-order valence-corrected chi connectivity index (χ3v) is 3.33. The van der Waals surface area contributed by atoms with Gasteiger partial charge in [-0.25, -0.2) is 4.79 Å². The summed E-state index contributed by atoms with van der Waals surface area (Å²) in [6, 6.07) is -1.33. The Hall–Kier alpha value is -1.34. The summed E-state index contributed by atoms with van der Waals surface area (Å²) in [6.45, 7) is 1.10. The Bertz CT molecular complexity index is 432. The molecule has 11 heteroatoms. The molecule has 128 valence electrons. The number of carbonyl (C=O) groups is 2. The van der Waals surface area contributed by atoms with Crippen molar-refractivity contribution < 1.29 is 45.0 Å². The van der Waals surface area contributed by atoms with E-state index in [0.717, 1.165) is 6.92 Å². The van der Waals surface area contributed by atoms with Crippen LogP contribution in [0.4, 0.5) is 0 Å². The number of aliphatic carboxylic acids is 1. The molecule has 1 heterocycles. The molecule has 0 aromatic carbocycles. The van der Waals surface area contributed by atoms with E-state index in [1.54, 1.807) is 0 Å². The van der Waals surface area contributed by atoms with E-state index in [4.69, 9.17) is 20.7 Å². The van der Waals surface area contributed by atoms with E-state index < -0.39 is 60.8 Å². The Kier molecular flexibility index (Phi) is 5.81. The molecule has 7 atom stereocenters. The molecule has 1 rings (SSSR count). The predicted molar refractivity (Wildman–Crippen MR) is 67.9 cm³/mol. The molecule has 1 saturated heterocycles. The van der Waals surface area contributed by atoms with Crippen molar-refractivity contribution in [2.45, 2.75) is 55.8 Å². The zero-order valence-electron chi connectivity index (χ0n) is 11.7. The maximum absolute atomic E-state index is 11.1. The number of aliphatic hydroxyl groups is 5. The van der Waals surface area contributed by atoms with Crippen LogP contribution in [0.2, 0.25) is 0 Å². The second-order valence-corrected chi connectivity index (χ2v) is 5.14. The van der Waals surface area contributed by atoms with Crippen LogP contribution in [0.3, 0.4) is 0 Å². The van der Waals surface area contributed by atoms with E-state index in [1.165, 1.54) is 0 Å². The highest BCUT2D eigenvalue weighted by atomic mass is 16.7. The maximum atomic E-state index is 11.1. The van der Waals surface area contributed by atoms with Gasteiger partial charge in [0.15, 0.2) is 0 Å². The number of nitrogens with two attached hydrogens (primary N) is 1. The van der Waals surface area contributed by atoms with Crippen LogP contribution < -0.4 is 11.1 Å². The first-order chi connectivity index (χ1) is 9.99. The highest BCUT2D eigenvalue weighted by molar-refractivity contribution is 5.76. The Morgan fingerprint density at radius 1 is 1.36 bits per heavy atom. The predicted octanol–water partition coefficient (Wildman–Crippen LogP) is -4.59. The fourth-order valence-electron chi connectivity index (χ4n) is 2.21. The van der Waals surface area contributed by atoms with Crippen LogP contribution in [0.1, 0.15) is 13.3 Å². The molecule has 9 N–H and O–H groups in total. The van der Waals surface area contributed by atoms with Gasteiger partial charge in [-0.1, -0.05) is 0 Å². The number of aliphatic hydroxyl groups excluding tert-OH is 4. The molecule has 1 amide bonds. The van der Waals surface area contributed by atoms with Crippen LogP contribution in [0.5, 0.6) is 0 Å². The largest absolute Gasteiger partial charge is 0.477 e. The SMILES string of the molecule is CC(=O)N[C@H]1[C@H]([C@H](O)[C@H](O)C(N)O)OC(O)(C(=O)O)C[C@@H]1O. The molecule has 1 aliphatic rings. The number of amides is 1. The second kappa shape index (κ2) is 6.83. The molecule has 0 bridgehead atoms. The molecule has 0 saturated carbocycles. The molecule has 22 heavy (non-hydrogen) atoms. The van der Waals surface area contributed by atoms with E-state index in [0.29, 0.717) is 0 Å². The summed E-state index contributed by atoms with van der Waals surface area (Å²) in [5.74, 6) is -5.29. The quantitative estimate of drug-likeness (QED) is 0.227. The number of carboxylic acid groups (broad SMARTS) is 1. The lowest BCUT2D eigenvalue weighted by atomic mass is 9.88. The van der Waals surface area contributed by atoms with Gasteiger partial charge in [-0.15, -0.1) is 0 Å². The van der Waals surface area contributed by atoms with Crippen molar-refractivity contribution in [3.63, 3.8) is 0 Å². The second-order valence-electron chi connectivity index (χ2n) is 5.14. The number of carboxylic acids is 1. The van der Waals surface area contributed by atoms with Gasteiger partial charge in [0.25, 0.3) is 5.79 Å². The van der Waals surface area contributed by atoms with Crippen molar-refractivity contribution in [3.05, 3.63) is 0 Å². The van der Waals surface area contributed by atoms with Crippen molar-refractivity contribution in [1.82, 2.24) is 5.32 Å². The standard InChI is InChI=1S/C11H20N2O9/c1-3(14)13-5-4(15)2-11(21,10(19)20)22-8(5)6(16)7(17)9(12)18/h4-9,15-18,21H,2,12H2,1H3,(H,13,14)(H,19,20)/t4-,5+,6+,7-,8+,9?,11?/m0/s1. The minimum atomic E-state index is -2.83. The average molecular weight is 324 g/mol. The van der Waals surface area contributed by atoms with Gasteiger partial charge in [-0.2, -0.15) is 0 Å². The molecule has 0 radical (unpaired) electrons. The smallest absolute Gasteiger partial charge is 0.364 e. The number of hydrogen-bond acceptors (Lipinski definition) is 9.